The van der Waals surface area contributed by atoms with Gasteiger partial charge in [0, 0.05) is 31.6 Å². The van der Waals surface area contributed by atoms with E-state index in [9.17, 15) is 14.4 Å². The van der Waals surface area contributed by atoms with Crippen molar-refractivity contribution < 1.29 is 19.5 Å². The van der Waals surface area contributed by atoms with Crippen molar-refractivity contribution in [2.75, 3.05) is 18.4 Å². The van der Waals surface area contributed by atoms with Crippen LogP contribution in [0.25, 0.3) is 0 Å². The summed E-state index contributed by atoms with van der Waals surface area (Å²) in [5.74, 6) is -1.15. The molecule has 0 radical (unpaired) electrons. The second-order valence-corrected chi connectivity index (χ2v) is 6.62. The van der Waals surface area contributed by atoms with Crippen molar-refractivity contribution in [3.63, 3.8) is 0 Å². The van der Waals surface area contributed by atoms with Gasteiger partial charge in [-0.25, -0.2) is 0 Å². The first-order chi connectivity index (χ1) is 11.5. The summed E-state index contributed by atoms with van der Waals surface area (Å²) in [4.78, 5) is 37.5. The van der Waals surface area contributed by atoms with E-state index in [2.05, 4.69) is 5.32 Å². The smallest absolute Gasteiger partial charge is 0.303 e. The average molecular weight is 330 g/mol. The van der Waals surface area contributed by atoms with Gasteiger partial charge in [-0.1, -0.05) is 18.2 Å². The lowest BCUT2D eigenvalue weighted by Crippen LogP contribution is -2.44. The average Bonchev–Trinajstić information content (AvgIpc) is 2.58. The lowest BCUT2D eigenvalue weighted by atomic mass is 9.87. The number of carbonyl (C=O) groups excluding carboxylic acids is 2. The van der Waals surface area contributed by atoms with E-state index in [1.807, 2.05) is 29.2 Å². The summed E-state index contributed by atoms with van der Waals surface area (Å²) in [6.07, 6.45) is 2.75. The molecule has 0 aromatic heterocycles. The first-order valence-electron chi connectivity index (χ1n) is 8.44. The molecular formula is C18H22N2O4. The van der Waals surface area contributed by atoms with Crippen molar-refractivity contribution in [3.05, 3.63) is 29.8 Å². The normalized spacial score (nSPS) is 23.3. The van der Waals surface area contributed by atoms with Crippen LogP contribution in [0.2, 0.25) is 0 Å². The second-order valence-electron chi connectivity index (χ2n) is 6.62. The van der Waals surface area contributed by atoms with Crippen molar-refractivity contribution in [2.24, 2.45) is 5.92 Å². The Balaban J connectivity index is 1.72. The maximum Gasteiger partial charge on any atom is 0.303 e. The molecule has 6 nitrogen and oxygen atoms in total. The number of nitrogens with one attached hydrogen (secondary N) is 1. The van der Waals surface area contributed by atoms with Gasteiger partial charge >= 0.3 is 5.97 Å². The highest BCUT2D eigenvalue weighted by atomic mass is 16.4. The number of rotatable bonds is 4. The molecule has 0 bridgehead atoms. The van der Waals surface area contributed by atoms with Crippen molar-refractivity contribution in [3.8, 4) is 0 Å². The molecule has 2 amide bonds. The summed E-state index contributed by atoms with van der Waals surface area (Å²) >= 11 is 0. The lowest BCUT2D eigenvalue weighted by Gasteiger charge is -2.36. The predicted octanol–water partition coefficient (Wildman–Crippen LogP) is 2.22. The number of para-hydroxylation sites is 1. The van der Waals surface area contributed by atoms with Gasteiger partial charge in [-0.05, 0) is 36.8 Å². The number of benzene rings is 1. The molecule has 128 valence electrons. The topological polar surface area (TPSA) is 86.7 Å². The highest BCUT2D eigenvalue weighted by molar-refractivity contribution is 6.01. The fraction of sp³-hybridized carbons (Fsp3) is 0.500. The number of hydrogen-bond acceptors (Lipinski definition) is 3. The van der Waals surface area contributed by atoms with Crippen LogP contribution in [0.3, 0.4) is 0 Å². The van der Waals surface area contributed by atoms with Crippen LogP contribution in [0.1, 0.15) is 43.6 Å². The minimum absolute atomic E-state index is 0.0164. The van der Waals surface area contributed by atoms with Gasteiger partial charge < -0.3 is 15.3 Å². The lowest BCUT2D eigenvalue weighted by molar-refractivity contribution is -0.138. The Kier molecular flexibility index (Phi) is 4.83. The van der Waals surface area contributed by atoms with Gasteiger partial charge in [-0.15, -0.1) is 0 Å². The van der Waals surface area contributed by atoms with E-state index in [0.717, 1.165) is 18.4 Å². The Morgan fingerprint density at radius 1 is 1.29 bits per heavy atom. The molecule has 2 heterocycles. The van der Waals surface area contributed by atoms with Crippen molar-refractivity contribution in [2.45, 2.75) is 38.0 Å². The Morgan fingerprint density at radius 3 is 2.88 bits per heavy atom. The van der Waals surface area contributed by atoms with Gasteiger partial charge in [-0.2, -0.15) is 0 Å². The molecule has 1 saturated heterocycles. The first kappa shape index (κ1) is 16.5. The second kappa shape index (κ2) is 7.03. The largest absolute Gasteiger partial charge is 0.481 e. The number of aliphatic carboxylic acids is 1. The Labute approximate surface area is 140 Å². The van der Waals surface area contributed by atoms with E-state index in [1.54, 1.807) is 0 Å². The third-order valence-corrected chi connectivity index (χ3v) is 4.90. The molecule has 0 spiro atoms. The minimum Gasteiger partial charge on any atom is -0.481 e. The number of hydrogen-bond donors (Lipinski definition) is 2. The van der Waals surface area contributed by atoms with Crippen LogP contribution in [0, 0.1) is 5.92 Å². The molecule has 1 fully saturated rings. The van der Waals surface area contributed by atoms with Gasteiger partial charge in [0.15, 0.2) is 0 Å². The molecule has 0 saturated carbocycles. The maximum atomic E-state index is 13.0. The number of nitrogens with zero attached hydrogens (tertiary/aromatic N) is 1. The van der Waals surface area contributed by atoms with Crippen molar-refractivity contribution in [1.29, 1.82) is 0 Å². The van der Waals surface area contributed by atoms with Crippen LogP contribution in [0.5, 0.6) is 0 Å². The number of anilines is 1. The summed E-state index contributed by atoms with van der Waals surface area (Å²) in [7, 11) is 0. The molecule has 2 atom stereocenters. The number of carboxylic acids is 1. The molecule has 0 aliphatic carbocycles. The van der Waals surface area contributed by atoms with Crippen LogP contribution < -0.4 is 5.32 Å². The van der Waals surface area contributed by atoms with E-state index in [-0.39, 0.29) is 30.6 Å². The van der Waals surface area contributed by atoms with Gasteiger partial charge in [0.05, 0.1) is 5.92 Å². The highest BCUT2D eigenvalue weighted by Gasteiger charge is 2.35. The number of carboxylic acid groups (broad SMARTS) is 1. The first-order valence-corrected chi connectivity index (χ1v) is 8.44. The van der Waals surface area contributed by atoms with Crippen LogP contribution in [-0.4, -0.2) is 40.9 Å². The monoisotopic (exact) mass is 330 g/mol. The zero-order valence-electron chi connectivity index (χ0n) is 13.5. The maximum absolute atomic E-state index is 13.0. The molecule has 0 unspecified atom stereocenters. The number of fused-ring (bicyclic) bond motifs is 1. The standard InChI is InChI=1S/C18H22N2O4/c21-16-10-14(13-5-1-2-6-15(13)19-16)18(24)20-9-3-4-12(11-20)7-8-17(22)23/h1-2,5-6,12,14H,3-4,7-11H2,(H,19,21)(H,22,23)/t12-,14+/m0/s1. The summed E-state index contributed by atoms with van der Waals surface area (Å²) < 4.78 is 0. The molecule has 3 rings (SSSR count). The number of likely N-dealkylation sites (tertiary alicyclic amines) is 1. The summed E-state index contributed by atoms with van der Waals surface area (Å²) in [6, 6.07) is 7.43. The Morgan fingerprint density at radius 2 is 2.08 bits per heavy atom. The molecular weight excluding hydrogens is 308 g/mol. The third kappa shape index (κ3) is 3.58. The van der Waals surface area contributed by atoms with Crippen LogP contribution in [0.15, 0.2) is 24.3 Å². The molecule has 6 heteroatoms. The van der Waals surface area contributed by atoms with Gasteiger partial charge in [0.2, 0.25) is 11.8 Å². The quantitative estimate of drug-likeness (QED) is 0.886. The van der Waals surface area contributed by atoms with E-state index in [4.69, 9.17) is 5.11 Å². The summed E-state index contributed by atoms with van der Waals surface area (Å²) in [5, 5.41) is 11.7. The van der Waals surface area contributed by atoms with Crippen molar-refractivity contribution >= 4 is 23.5 Å². The minimum atomic E-state index is -0.795. The van der Waals surface area contributed by atoms with E-state index in [1.165, 1.54) is 0 Å². The van der Waals surface area contributed by atoms with Crippen LogP contribution in [-0.2, 0) is 14.4 Å². The van der Waals surface area contributed by atoms with E-state index < -0.39 is 11.9 Å². The number of amides is 2. The SMILES string of the molecule is O=C(O)CC[C@@H]1CCCN(C(=O)[C@@H]2CC(=O)Nc3ccccc32)C1. The third-order valence-electron chi connectivity index (χ3n) is 4.90. The fourth-order valence-corrected chi connectivity index (χ4v) is 3.68. The number of carbonyl (C=O) groups is 3. The van der Waals surface area contributed by atoms with Gasteiger partial charge in [0.25, 0.3) is 0 Å². The van der Waals surface area contributed by atoms with Crippen LogP contribution >= 0.6 is 0 Å². The predicted molar refractivity (Wildman–Crippen MR) is 88.6 cm³/mol. The molecule has 1 aromatic carbocycles. The van der Waals surface area contributed by atoms with Crippen molar-refractivity contribution in [1.82, 2.24) is 4.90 Å². The zero-order chi connectivity index (χ0) is 17.1. The van der Waals surface area contributed by atoms with E-state index in [0.29, 0.717) is 25.2 Å². The van der Waals surface area contributed by atoms with Crippen LogP contribution in [0.4, 0.5) is 5.69 Å². The number of piperidine rings is 1. The van der Waals surface area contributed by atoms with Gasteiger partial charge in [-0.3, -0.25) is 14.4 Å². The fourth-order valence-electron chi connectivity index (χ4n) is 3.68. The molecule has 24 heavy (non-hydrogen) atoms. The Hall–Kier alpha value is -2.37. The molecule has 2 N–H and O–H groups in total. The van der Waals surface area contributed by atoms with Gasteiger partial charge in [0.1, 0.15) is 0 Å². The highest BCUT2D eigenvalue weighted by Crippen LogP contribution is 2.34. The summed E-state index contributed by atoms with van der Waals surface area (Å²) in [6.45, 7) is 1.27. The molecule has 2 aliphatic rings. The molecule has 1 aromatic rings. The summed E-state index contributed by atoms with van der Waals surface area (Å²) in [5.41, 5.74) is 1.58. The zero-order valence-corrected chi connectivity index (χ0v) is 13.5. The Bertz CT molecular complexity index is 658. The molecule has 2 aliphatic heterocycles. The van der Waals surface area contributed by atoms with E-state index >= 15 is 0 Å².